The number of allylic oxidation sites excluding steroid dienone is 1. The lowest BCUT2D eigenvalue weighted by molar-refractivity contribution is -0.337. The van der Waals surface area contributed by atoms with Crippen molar-refractivity contribution in [1.29, 1.82) is 0 Å². The van der Waals surface area contributed by atoms with Crippen LogP contribution in [0.1, 0.15) is 81.0 Å². The Bertz CT molecular complexity index is 1740. The molecule has 9 heteroatoms. The van der Waals surface area contributed by atoms with E-state index < -0.39 is 42.6 Å². The number of unbranched alkanes of at least 4 members (excludes halogenated alkanes) is 3. The Hall–Kier alpha value is -4.64. The van der Waals surface area contributed by atoms with Crippen molar-refractivity contribution in [2.45, 2.75) is 122 Å². The summed E-state index contributed by atoms with van der Waals surface area (Å²) >= 11 is 0. The van der Waals surface area contributed by atoms with Crippen molar-refractivity contribution in [2.75, 3.05) is 6.61 Å². The van der Waals surface area contributed by atoms with E-state index >= 15 is 0 Å². The summed E-state index contributed by atoms with van der Waals surface area (Å²) in [6.45, 7) is 8.98. The molecule has 1 saturated heterocycles. The van der Waals surface area contributed by atoms with Gasteiger partial charge in [0.2, 0.25) is 0 Å². The number of carbonyl (C=O) groups is 2. The molecule has 4 aromatic rings. The first kappa shape index (κ1) is 44.5. The van der Waals surface area contributed by atoms with Gasteiger partial charge in [-0.25, -0.2) is 0 Å². The first-order valence-electron chi connectivity index (χ1n) is 20.6. The molecule has 6 atom stereocenters. The van der Waals surface area contributed by atoms with Gasteiger partial charge >= 0.3 is 11.9 Å². The minimum atomic E-state index is -0.877. The fraction of sp³-hybridized carbons (Fsp3) is 0.429. The van der Waals surface area contributed by atoms with Crippen LogP contribution < -0.4 is 0 Å². The maximum Gasteiger partial charge on any atom is 0.306 e. The first-order valence-corrected chi connectivity index (χ1v) is 20.6. The Labute approximate surface area is 344 Å². The van der Waals surface area contributed by atoms with Crippen LogP contribution in [0.5, 0.6) is 0 Å². The number of benzene rings is 4. The standard InChI is InChI=1S/C49H60O9/c1-4-5-6-7-20-29-42(37(2)3)57-49-48(56-35-41-27-18-11-19-28-41)47(55-34-40-25-16-10-17-26-40)46(54-33-39-23-14-9-15-24-39)43(58-49)36-53-45(51)31-30-44(50)52-32-38-21-12-8-13-22-38/h4,8-19,21-28,37,42-43,46-49H,1,5-7,20,29-36H2,2-3H3/t42-,43-,46-,47+,48-,49-/m1/s1. The molecular weight excluding hydrogens is 733 g/mol. The highest BCUT2D eigenvalue weighted by Crippen LogP contribution is 2.33. The molecule has 0 bridgehead atoms. The van der Waals surface area contributed by atoms with Crippen LogP contribution in [-0.4, -0.2) is 55.4 Å². The highest BCUT2D eigenvalue weighted by molar-refractivity contribution is 5.77. The molecule has 0 aliphatic carbocycles. The number of rotatable bonds is 25. The number of hydrogen-bond acceptors (Lipinski definition) is 9. The second-order valence-electron chi connectivity index (χ2n) is 15.0. The van der Waals surface area contributed by atoms with Crippen molar-refractivity contribution in [1.82, 2.24) is 0 Å². The molecule has 0 unspecified atom stereocenters. The van der Waals surface area contributed by atoms with Gasteiger partial charge in [-0.3, -0.25) is 9.59 Å². The molecule has 58 heavy (non-hydrogen) atoms. The van der Waals surface area contributed by atoms with Crippen molar-refractivity contribution in [2.24, 2.45) is 5.92 Å². The van der Waals surface area contributed by atoms with Crippen molar-refractivity contribution < 1.29 is 42.7 Å². The summed E-state index contributed by atoms with van der Waals surface area (Å²) in [5, 5.41) is 0. The van der Waals surface area contributed by atoms with Crippen LogP contribution in [0, 0.1) is 5.92 Å². The zero-order valence-corrected chi connectivity index (χ0v) is 34.0. The molecular formula is C49H60O9. The van der Waals surface area contributed by atoms with E-state index in [1.807, 2.05) is 127 Å². The second kappa shape index (κ2) is 25.0. The van der Waals surface area contributed by atoms with E-state index in [0.717, 1.165) is 54.4 Å². The third-order valence-electron chi connectivity index (χ3n) is 10.1. The quantitative estimate of drug-likeness (QED) is 0.0369. The normalized spacial score (nSPS) is 19.7. The van der Waals surface area contributed by atoms with Crippen LogP contribution in [0.2, 0.25) is 0 Å². The summed E-state index contributed by atoms with van der Waals surface area (Å²) in [7, 11) is 0. The number of esters is 2. The summed E-state index contributed by atoms with van der Waals surface area (Å²) in [5.41, 5.74) is 3.81. The Balaban J connectivity index is 1.39. The van der Waals surface area contributed by atoms with E-state index in [-0.39, 0.29) is 51.3 Å². The van der Waals surface area contributed by atoms with E-state index in [4.69, 9.17) is 33.2 Å². The Morgan fingerprint density at radius 3 is 1.57 bits per heavy atom. The van der Waals surface area contributed by atoms with Crippen molar-refractivity contribution >= 4 is 11.9 Å². The fourth-order valence-corrected chi connectivity index (χ4v) is 6.79. The van der Waals surface area contributed by atoms with Crippen LogP contribution in [-0.2, 0) is 69.2 Å². The predicted octanol–water partition coefficient (Wildman–Crippen LogP) is 9.71. The van der Waals surface area contributed by atoms with Gasteiger partial charge in [-0.1, -0.05) is 154 Å². The number of ether oxygens (including phenoxy) is 7. The monoisotopic (exact) mass is 792 g/mol. The summed E-state index contributed by atoms with van der Waals surface area (Å²) in [6.07, 6.45) is 2.70. The first-order chi connectivity index (χ1) is 28.4. The van der Waals surface area contributed by atoms with Gasteiger partial charge in [0.25, 0.3) is 0 Å². The molecule has 0 saturated carbocycles. The lowest BCUT2D eigenvalue weighted by Gasteiger charge is -2.46. The van der Waals surface area contributed by atoms with Crippen molar-refractivity contribution in [3.05, 3.63) is 156 Å². The molecule has 5 rings (SSSR count). The fourth-order valence-electron chi connectivity index (χ4n) is 6.79. The SMILES string of the molecule is C=CCCCCC[C@@H](O[C@@H]1O[C@H](COC(=O)CCC(=O)OCc2ccccc2)[C@@H](OCc2ccccc2)[C@H](OCc2ccccc2)[C@H]1OCc1ccccc1)C(C)C. The van der Waals surface area contributed by atoms with Crippen LogP contribution in [0.4, 0.5) is 0 Å². The summed E-state index contributed by atoms with van der Waals surface area (Å²) in [4.78, 5) is 25.7. The van der Waals surface area contributed by atoms with Gasteiger partial charge in [0.05, 0.1) is 38.8 Å². The third-order valence-corrected chi connectivity index (χ3v) is 10.1. The molecule has 0 spiro atoms. The van der Waals surface area contributed by atoms with E-state index in [1.165, 1.54) is 0 Å². The molecule has 4 aromatic carbocycles. The van der Waals surface area contributed by atoms with Gasteiger partial charge in [0, 0.05) is 0 Å². The average Bonchev–Trinajstić information content (AvgIpc) is 3.26. The summed E-state index contributed by atoms with van der Waals surface area (Å²) in [6, 6.07) is 39.2. The average molecular weight is 793 g/mol. The molecule has 1 aliphatic heterocycles. The smallest absolute Gasteiger partial charge is 0.306 e. The Morgan fingerprint density at radius 2 is 1.07 bits per heavy atom. The summed E-state index contributed by atoms with van der Waals surface area (Å²) in [5.74, 6) is -0.848. The lowest BCUT2D eigenvalue weighted by Crippen LogP contribution is -2.62. The van der Waals surface area contributed by atoms with Crippen LogP contribution in [0.15, 0.2) is 134 Å². The summed E-state index contributed by atoms with van der Waals surface area (Å²) < 4.78 is 45.3. The minimum Gasteiger partial charge on any atom is -0.463 e. The van der Waals surface area contributed by atoms with Gasteiger partial charge < -0.3 is 33.2 Å². The highest BCUT2D eigenvalue weighted by atomic mass is 16.7. The maximum atomic E-state index is 13.2. The molecule has 0 N–H and O–H groups in total. The second-order valence-corrected chi connectivity index (χ2v) is 15.0. The Kier molecular flexibility index (Phi) is 19.1. The molecule has 1 fully saturated rings. The van der Waals surface area contributed by atoms with Crippen molar-refractivity contribution in [3.8, 4) is 0 Å². The predicted molar refractivity (Wildman–Crippen MR) is 223 cm³/mol. The van der Waals surface area contributed by atoms with E-state index in [0.29, 0.717) is 6.61 Å². The maximum absolute atomic E-state index is 13.2. The molecule has 1 aliphatic rings. The molecule has 0 radical (unpaired) electrons. The van der Waals surface area contributed by atoms with E-state index in [9.17, 15) is 9.59 Å². The van der Waals surface area contributed by atoms with E-state index in [1.54, 1.807) is 0 Å². The topological polar surface area (TPSA) is 98.8 Å². The van der Waals surface area contributed by atoms with Gasteiger partial charge in [0.1, 0.15) is 37.6 Å². The largest absolute Gasteiger partial charge is 0.463 e. The van der Waals surface area contributed by atoms with Crippen LogP contribution in [0.25, 0.3) is 0 Å². The van der Waals surface area contributed by atoms with Gasteiger partial charge in [-0.2, -0.15) is 0 Å². The number of carbonyl (C=O) groups excluding carboxylic acids is 2. The lowest BCUT2D eigenvalue weighted by atomic mass is 9.96. The van der Waals surface area contributed by atoms with Gasteiger partial charge in [0.15, 0.2) is 6.29 Å². The van der Waals surface area contributed by atoms with Gasteiger partial charge in [-0.15, -0.1) is 6.58 Å². The Morgan fingerprint density at radius 1 is 0.603 bits per heavy atom. The zero-order chi connectivity index (χ0) is 40.8. The molecule has 9 nitrogen and oxygen atoms in total. The number of hydrogen-bond donors (Lipinski definition) is 0. The third kappa shape index (κ3) is 15.3. The molecule has 0 amide bonds. The highest BCUT2D eigenvalue weighted by Gasteiger charge is 2.50. The molecule has 1 heterocycles. The minimum absolute atomic E-state index is 0.113. The van der Waals surface area contributed by atoms with E-state index in [2.05, 4.69) is 20.4 Å². The molecule has 310 valence electrons. The zero-order valence-electron chi connectivity index (χ0n) is 34.0. The van der Waals surface area contributed by atoms with Crippen LogP contribution >= 0.6 is 0 Å². The van der Waals surface area contributed by atoms with Crippen molar-refractivity contribution in [3.63, 3.8) is 0 Å². The van der Waals surface area contributed by atoms with Crippen LogP contribution in [0.3, 0.4) is 0 Å². The molecule has 0 aromatic heterocycles. The van der Waals surface area contributed by atoms with Gasteiger partial charge in [-0.05, 0) is 47.4 Å².